The van der Waals surface area contributed by atoms with Gasteiger partial charge in [-0.3, -0.25) is 13.9 Å². The number of carbonyl (C=O) groups excluding carboxylic acids is 4. The molecule has 1 atom stereocenters. The van der Waals surface area contributed by atoms with Gasteiger partial charge >= 0.3 is 0 Å². The molecule has 41 heavy (non-hydrogen) atoms. The van der Waals surface area contributed by atoms with Crippen LogP contribution in [0.25, 0.3) is 5.76 Å². The molecule has 1 aliphatic heterocycles. The molecule has 0 saturated heterocycles. The fourth-order valence-corrected chi connectivity index (χ4v) is 4.47. The maximum atomic E-state index is 11.9. The largest absolute Gasteiger partial charge is 0.505 e. The van der Waals surface area contributed by atoms with Crippen LogP contribution in [-0.2, 0) is 30.1 Å². The van der Waals surface area contributed by atoms with E-state index in [9.17, 15) is 28.5 Å². The standard InChI is InChI=1S/C10H11NO2S.C9H10N2O3S.C3H6O.C2H6O.C2H6.CH3NO/c1-7-10(12)8-5-3-4-6-9(8)14(13)11(7)2;1-6-8(7(14)3-2-4-12)11-9(15-6)10-5-13;1-2-3-4;1-3-2;1-2;1-2-3/h3-6,12H,1-2H3;4-5H,2-3H2,1H3,(H,10,11,13);3H,2H2,1H3;1-2H3;1-2H3;1H3. The van der Waals surface area contributed by atoms with Gasteiger partial charge in [-0.2, -0.15) is 4.91 Å². The molecule has 0 saturated carbocycles. The highest BCUT2D eigenvalue weighted by molar-refractivity contribution is 7.83. The SMILES string of the molecule is CC.CC1=C(O)c2ccccc2S(=O)N1C.CCC=O.CN=O.COC.Cc1sc(NC=O)nc1C(=O)CCC=O. The van der Waals surface area contributed by atoms with E-state index in [0.717, 1.165) is 11.2 Å². The molecule has 1 aromatic carbocycles. The molecule has 14 heteroatoms. The summed E-state index contributed by atoms with van der Waals surface area (Å²) in [6, 6.07) is 7.19. The molecule has 0 radical (unpaired) electrons. The second-order valence-corrected chi connectivity index (χ2v) is 9.85. The number of hydrogen-bond acceptors (Lipinski definition) is 11. The van der Waals surface area contributed by atoms with E-state index in [1.807, 2.05) is 32.9 Å². The fourth-order valence-electron chi connectivity index (χ4n) is 2.51. The van der Waals surface area contributed by atoms with E-state index in [0.29, 0.717) is 46.1 Å². The number of aldehydes is 2. The summed E-state index contributed by atoms with van der Waals surface area (Å²) in [5, 5.41) is 14.9. The highest BCUT2D eigenvalue weighted by Gasteiger charge is 2.25. The van der Waals surface area contributed by atoms with Gasteiger partial charge < -0.3 is 24.7 Å². The van der Waals surface area contributed by atoms with E-state index in [4.69, 9.17) is 4.91 Å². The number of ether oxygens (including phenoxy) is 1. The summed E-state index contributed by atoms with van der Waals surface area (Å²) in [5.74, 6) is 0.0394. The second kappa shape index (κ2) is 26.6. The van der Waals surface area contributed by atoms with Gasteiger partial charge in [0.2, 0.25) is 6.41 Å². The Bertz CT molecular complexity index is 1120. The van der Waals surface area contributed by atoms with E-state index >= 15 is 0 Å². The molecule has 0 spiro atoms. The summed E-state index contributed by atoms with van der Waals surface area (Å²) in [6.45, 7) is 9.32. The lowest BCUT2D eigenvalue weighted by atomic mass is 10.1. The first-order valence-electron chi connectivity index (χ1n) is 12.4. The topological polar surface area (TPSA) is 172 Å². The maximum Gasteiger partial charge on any atom is 0.213 e. The Morgan fingerprint density at radius 3 is 2.15 bits per heavy atom. The monoisotopic (exact) mass is 614 g/mol. The molecular weight excluding hydrogens is 572 g/mol. The van der Waals surface area contributed by atoms with Crippen molar-refractivity contribution in [3.63, 3.8) is 0 Å². The van der Waals surface area contributed by atoms with E-state index in [-0.39, 0.29) is 24.4 Å². The third-order valence-electron chi connectivity index (χ3n) is 4.29. The Kier molecular flexibility index (Phi) is 27.1. The van der Waals surface area contributed by atoms with E-state index < -0.39 is 11.0 Å². The first-order chi connectivity index (χ1) is 19.6. The number of aliphatic hydroxyl groups is 1. The molecule has 12 nitrogen and oxygen atoms in total. The van der Waals surface area contributed by atoms with Crippen LogP contribution < -0.4 is 5.32 Å². The van der Waals surface area contributed by atoms with Crippen LogP contribution in [-0.4, -0.2) is 71.7 Å². The number of thiazole rings is 1. The summed E-state index contributed by atoms with van der Waals surface area (Å²) in [4.78, 5) is 54.9. The van der Waals surface area contributed by atoms with Crippen molar-refractivity contribution < 1.29 is 33.2 Å². The van der Waals surface area contributed by atoms with Crippen molar-refractivity contribution in [2.45, 2.75) is 58.8 Å². The molecule has 1 aliphatic rings. The maximum absolute atomic E-state index is 11.9. The van der Waals surface area contributed by atoms with E-state index in [2.05, 4.69) is 20.2 Å². The number of hydrogen-bond donors (Lipinski definition) is 2. The minimum atomic E-state index is -1.20. The Balaban J connectivity index is -0.000000511. The van der Waals surface area contributed by atoms with Crippen molar-refractivity contribution in [3.05, 3.63) is 51.0 Å². The van der Waals surface area contributed by atoms with Gasteiger partial charge in [-0.1, -0.05) is 38.1 Å². The van der Waals surface area contributed by atoms with Crippen LogP contribution in [0, 0.1) is 11.8 Å². The number of carbonyl (C=O) groups is 4. The molecule has 2 N–H and O–H groups in total. The van der Waals surface area contributed by atoms with Crippen LogP contribution in [0.15, 0.2) is 40.0 Å². The lowest BCUT2D eigenvalue weighted by Gasteiger charge is -2.26. The van der Waals surface area contributed by atoms with Crippen molar-refractivity contribution in [2.24, 2.45) is 5.18 Å². The summed E-state index contributed by atoms with van der Waals surface area (Å²) in [7, 11) is 4.96. The van der Waals surface area contributed by atoms with Gasteiger partial charge in [0, 0.05) is 51.0 Å². The third kappa shape index (κ3) is 16.3. The van der Waals surface area contributed by atoms with Gasteiger partial charge in [-0.15, -0.1) is 11.3 Å². The Morgan fingerprint density at radius 1 is 1.17 bits per heavy atom. The number of nitroso groups, excluding NO2 is 1. The fraction of sp³-hybridized carbons (Fsp3) is 0.444. The molecule has 2 heterocycles. The molecule has 2 aromatic rings. The highest BCUT2D eigenvalue weighted by Crippen LogP contribution is 2.31. The first kappa shape index (κ1) is 41.9. The number of benzene rings is 1. The third-order valence-corrected chi connectivity index (χ3v) is 6.70. The minimum Gasteiger partial charge on any atom is -0.505 e. The predicted molar refractivity (Wildman–Crippen MR) is 164 cm³/mol. The number of aromatic nitrogens is 1. The number of nitrogens with zero attached hydrogens (tertiary/aromatic N) is 3. The number of rotatable bonds is 7. The summed E-state index contributed by atoms with van der Waals surface area (Å²) in [5.41, 5.74) is 1.65. The number of ketones is 1. The number of anilines is 1. The second-order valence-electron chi connectivity index (χ2n) is 7.16. The van der Waals surface area contributed by atoms with Gasteiger partial charge in [0.25, 0.3) is 0 Å². The number of Topliss-reactive ketones (excluding diaryl/α,β-unsaturated/α-hetero) is 1. The van der Waals surface area contributed by atoms with Crippen molar-refractivity contribution in [3.8, 4) is 0 Å². The average Bonchev–Trinajstić information content (AvgIpc) is 3.36. The summed E-state index contributed by atoms with van der Waals surface area (Å²) < 4.78 is 17.7. The van der Waals surface area contributed by atoms with E-state index in [1.54, 1.807) is 51.6 Å². The highest BCUT2D eigenvalue weighted by atomic mass is 32.2. The van der Waals surface area contributed by atoms with Crippen LogP contribution in [0.1, 0.15) is 67.9 Å². The number of amides is 1. The number of nitrogens with one attached hydrogen (secondary N) is 1. The van der Waals surface area contributed by atoms with Gasteiger partial charge in [0.05, 0.1) is 17.6 Å². The van der Waals surface area contributed by atoms with Crippen molar-refractivity contribution in [1.29, 1.82) is 0 Å². The zero-order chi connectivity index (χ0) is 32.4. The predicted octanol–water partition coefficient (Wildman–Crippen LogP) is 5.35. The quantitative estimate of drug-likeness (QED) is 0.237. The number of methoxy groups -OCH3 is 1. The molecule has 3 rings (SSSR count). The lowest BCUT2D eigenvalue weighted by molar-refractivity contribution is -0.108. The molecule has 0 fully saturated rings. The van der Waals surface area contributed by atoms with Gasteiger partial charge in [0.1, 0.15) is 24.0 Å². The Labute approximate surface area is 248 Å². The zero-order valence-corrected chi connectivity index (χ0v) is 26.8. The molecule has 1 aromatic heterocycles. The Morgan fingerprint density at radius 2 is 1.68 bits per heavy atom. The minimum absolute atomic E-state index is 0.161. The first-order valence-corrected chi connectivity index (χ1v) is 14.3. The number of fused-ring (bicyclic) bond motifs is 1. The molecule has 0 bridgehead atoms. The molecule has 230 valence electrons. The Hall–Kier alpha value is -3.62. The lowest BCUT2D eigenvalue weighted by Crippen LogP contribution is -2.25. The van der Waals surface area contributed by atoms with Gasteiger partial charge in [0.15, 0.2) is 21.9 Å². The van der Waals surface area contributed by atoms with Gasteiger partial charge in [-0.25, -0.2) is 9.19 Å². The van der Waals surface area contributed by atoms with Crippen LogP contribution in [0.5, 0.6) is 0 Å². The van der Waals surface area contributed by atoms with Crippen molar-refractivity contribution in [2.75, 3.05) is 33.6 Å². The molecular formula is C27H42N4O8S2. The summed E-state index contributed by atoms with van der Waals surface area (Å²) in [6.07, 6.45) is 3.09. The average molecular weight is 615 g/mol. The number of aliphatic hydroxyl groups excluding tert-OH is 1. The number of allylic oxidation sites excluding steroid dienone is 1. The van der Waals surface area contributed by atoms with Crippen LogP contribution in [0.3, 0.4) is 0 Å². The number of aryl methyl sites for hydroxylation is 1. The van der Waals surface area contributed by atoms with E-state index in [1.165, 1.54) is 18.4 Å². The molecule has 1 amide bonds. The van der Waals surface area contributed by atoms with Crippen LogP contribution in [0.2, 0.25) is 0 Å². The summed E-state index contributed by atoms with van der Waals surface area (Å²) >= 11 is 1.24. The van der Waals surface area contributed by atoms with Crippen molar-refractivity contribution in [1.82, 2.24) is 9.29 Å². The molecule has 0 aliphatic carbocycles. The molecule has 1 unspecified atom stereocenters. The van der Waals surface area contributed by atoms with Crippen LogP contribution in [0.4, 0.5) is 5.13 Å². The zero-order valence-electron chi connectivity index (χ0n) is 25.1. The van der Waals surface area contributed by atoms with Gasteiger partial charge in [-0.05, 0) is 26.0 Å². The van der Waals surface area contributed by atoms with Crippen LogP contribution >= 0.6 is 11.3 Å². The van der Waals surface area contributed by atoms with Crippen molar-refractivity contribution >= 4 is 58.0 Å². The normalized spacial score (nSPS) is 12.2. The smallest absolute Gasteiger partial charge is 0.213 e.